The molecule has 0 fully saturated rings. The molecule has 2 aromatic rings. The molecule has 0 amide bonds. The molecule has 148 valence electrons. The molecule has 0 radical (unpaired) electrons. The minimum absolute atomic E-state index is 0.150. The van der Waals surface area contributed by atoms with Gasteiger partial charge < -0.3 is 0 Å². The Bertz CT molecular complexity index is 1040. The van der Waals surface area contributed by atoms with E-state index in [4.69, 9.17) is 10.5 Å². The molecule has 1 heterocycles. The number of hydrogen-bond donors (Lipinski definition) is 2. The van der Waals surface area contributed by atoms with Crippen molar-refractivity contribution in [3.63, 3.8) is 0 Å². The van der Waals surface area contributed by atoms with Crippen LogP contribution in [0, 0.1) is 0 Å². The Morgan fingerprint density at radius 1 is 1.07 bits per heavy atom. The molecule has 2 aliphatic rings. The van der Waals surface area contributed by atoms with E-state index in [9.17, 15) is 9.59 Å². The van der Waals surface area contributed by atoms with Crippen molar-refractivity contribution >= 4 is 31.0 Å². The fourth-order valence-electron chi connectivity index (χ4n) is 3.60. The molecular formula is C23H22N2O3Se. The van der Waals surface area contributed by atoms with Crippen LogP contribution < -0.4 is 15.5 Å². The van der Waals surface area contributed by atoms with E-state index in [1.165, 1.54) is 4.46 Å². The first-order valence-electron chi connectivity index (χ1n) is 9.38. The second kappa shape index (κ2) is 7.54. The molecule has 3 N–H and O–H groups in total. The molecule has 29 heavy (non-hydrogen) atoms. The molecule has 0 aromatic heterocycles. The number of Topliss-reactive ketones (excluding diaryl/α,β-unsaturated/α-hetero) is 2. The van der Waals surface area contributed by atoms with E-state index in [2.05, 4.69) is 17.4 Å². The van der Waals surface area contributed by atoms with Crippen molar-refractivity contribution in [1.29, 1.82) is 0 Å². The predicted molar refractivity (Wildman–Crippen MR) is 113 cm³/mol. The Hall–Kier alpha value is -2.82. The van der Waals surface area contributed by atoms with Crippen molar-refractivity contribution in [1.82, 2.24) is 5.32 Å². The van der Waals surface area contributed by atoms with Crippen LogP contribution in [0.15, 0.2) is 77.8 Å². The van der Waals surface area contributed by atoms with Gasteiger partial charge in [0.15, 0.2) is 0 Å². The first-order chi connectivity index (χ1) is 13.9. The van der Waals surface area contributed by atoms with Crippen molar-refractivity contribution in [2.24, 2.45) is 5.73 Å². The number of nitrogens with one attached hydrogen (secondary N) is 1. The SMILES string of the molecule is CC1(C)OC2=C(C(=O)c3ccccc3C2=O)C1N/C=C(\N)C[Se]c1ccccc1. The summed E-state index contributed by atoms with van der Waals surface area (Å²) in [5.41, 5.74) is 7.36. The number of fused-ring (bicyclic) bond motifs is 1. The molecule has 2 aromatic carbocycles. The molecule has 1 unspecified atom stereocenters. The van der Waals surface area contributed by atoms with Gasteiger partial charge in [0.1, 0.15) is 0 Å². The minimum atomic E-state index is -0.751. The summed E-state index contributed by atoms with van der Waals surface area (Å²) in [7, 11) is 0. The second-order valence-corrected chi connectivity index (χ2v) is 9.77. The van der Waals surface area contributed by atoms with Crippen LogP contribution in [0.3, 0.4) is 0 Å². The van der Waals surface area contributed by atoms with Crippen LogP contribution in [-0.2, 0) is 4.74 Å². The Labute approximate surface area is 176 Å². The zero-order valence-electron chi connectivity index (χ0n) is 16.3. The van der Waals surface area contributed by atoms with E-state index in [0.717, 1.165) is 5.32 Å². The van der Waals surface area contributed by atoms with E-state index in [0.29, 0.717) is 22.4 Å². The van der Waals surface area contributed by atoms with E-state index >= 15 is 0 Å². The third-order valence-corrected chi connectivity index (χ3v) is 7.32. The zero-order chi connectivity index (χ0) is 20.6. The fraction of sp³-hybridized carbons (Fsp3) is 0.217. The number of nitrogens with two attached hydrogens (primary N) is 1. The van der Waals surface area contributed by atoms with E-state index < -0.39 is 11.6 Å². The third kappa shape index (κ3) is 3.61. The van der Waals surface area contributed by atoms with Gasteiger partial charge in [-0.2, -0.15) is 0 Å². The maximum absolute atomic E-state index is 13.1. The first-order valence-corrected chi connectivity index (χ1v) is 11.5. The number of carbonyl (C=O) groups excluding carboxylic acids is 2. The Kier molecular flexibility index (Phi) is 5.07. The predicted octanol–water partition coefficient (Wildman–Crippen LogP) is 2.33. The van der Waals surface area contributed by atoms with Gasteiger partial charge in [0, 0.05) is 0 Å². The molecule has 1 atom stereocenters. The summed E-state index contributed by atoms with van der Waals surface area (Å²) in [4.78, 5) is 26.0. The van der Waals surface area contributed by atoms with Gasteiger partial charge in [0.2, 0.25) is 0 Å². The van der Waals surface area contributed by atoms with Crippen molar-refractivity contribution in [3.05, 3.63) is 89.0 Å². The van der Waals surface area contributed by atoms with Gasteiger partial charge in [-0.05, 0) is 0 Å². The summed E-state index contributed by atoms with van der Waals surface area (Å²) in [6.45, 7) is 3.73. The molecule has 1 aliphatic heterocycles. The normalized spacial score (nSPS) is 20.2. The zero-order valence-corrected chi connectivity index (χ0v) is 18.0. The molecule has 0 spiro atoms. The van der Waals surface area contributed by atoms with Crippen LogP contribution >= 0.6 is 0 Å². The number of hydrogen-bond acceptors (Lipinski definition) is 5. The second-order valence-electron chi connectivity index (χ2n) is 7.57. The van der Waals surface area contributed by atoms with Crippen LogP contribution in [0.25, 0.3) is 0 Å². The number of benzene rings is 2. The van der Waals surface area contributed by atoms with Crippen molar-refractivity contribution in [3.8, 4) is 0 Å². The summed E-state index contributed by atoms with van der Waals surface area (Å²) in [5, 5.41) is 4.01. The van der Waals surface area contributed by atoms with Crippen molar-refractivity contribution in [2.45, 2.75) is 30.8 Å². The van der Waals surface area contributed by atoms with E-state index in [1.54, 1.807) is 30.5 Å². The van der Waals surface area contributed by atoms with Crippen molar-refractivity contribution < 1.29 is 14.3 Å². The van der Waals surface area contributed by atoms with E-state index in [1.807, 2.05) is 32.0 Å². The Morgan fingerprint density at radius 2 is 1.69 bits per heavy atom. The monoisotopic (exact) mass is 454 g/mol. The molecule has 0 saturated heterocycles. The molecule has 4 rings (SSSR count). The summed E-state index contributed by atoms with van der Waals surface area (Å²) >= 11 is 0.227. The van der Waals surface area contributed by atoms with Gasteiger partial charge in [-0.15, -0.1) is 0 Å². The number of ketones is 2. The Morgan fingerprint density at radius 3 is 2.38 bits per heavy atom. The van der Waals surface area contributed by atoms with E-state index in [-0.39, 0.29) is 32.3 Å². The Balaban J connectivity index is 1.55. The summed E-state index contributed by atoms with van der Waals surface area (Å²) in [5.74, 6) is -0.257. The topological polar surface area (TPSA) is 81.4 Å². The molecule has 0 saturated carbocycles. The average molecular weight is 453 g/mol. The van der Waals surface area contributed by atoms with Gasteiger partial charge in [-0.25, -0.2) is 0 Å². The summed E-state index contributed by atoms with van der Waals surface area (Å²) < 4.78 is 7.22. The third-order valence-electron chi connectivity index (χ3n) is 5.04. The van der Waals surface area contributed by atoms with Crippen LogP contribution in [-0.4, -0.2) is 38.2 Å². The van der Waals surface area contributed by atoms with Crippen LogP contribution in [0.4, 0.5) is 0 Å². The molecule has 6 heteroatoms. The molecule has 5 nitrogen and oxygen atoms in total. The fourth-order valence-corrected chi connectivity index (χ4v) is 5.21. The average Bonchev–Trinajstić information content (AvgIpc) is 3.00. The maximum atomic E-state index is 13.1. The van der Waals surface area contributed by atoms with Gasteiger partial charge in [0.25, 0.3) is 0 Å². The van der Waals surface area contributed by atoms with Gasteiger partial charge in [0.05, 0.1) is 0 Å². The van der Waals surface area contributed by atoms with Gasteiger partial charge >= 0.3 is 176 Å². The van der Waals surface area contributed by atoms with Crippen molar-refractivity contribution in [2.75, 3.05) is 0 Å². The summed E-state index contributed by atoms with van der Waals surface area (Å²) in [6, 6.07) is 16.6. The van der Waals surface area contributed by atoms with Crippen LogP contribution in [0.5, 0.6) is 0 Å². The standard InChI is InChI=1S/C23H22N2O3Se/c1-23(2)22(25-12-14(24)13-29-15-8-4-3-5-9-15)18-19(26)16-10-6-7-11-17(16)20(27)21(18)28-23/h3-12,22,25H,13,24H2,1-2H3/b14-12-. The number of allylic oxidation sites excluding steroid dienone is 2. The van der Waals surface area contributed by atoms with Crippen LogP contribution in [0.2, 0.25) is 5.32 Å². The number of ether oxygens (including phenoxy) is 1. The molecule has 0 bridgehead atoms. The quantitative estimate of drug-likeness (QED) is 0.680. The number of carbonyl (C=O) groups is 2. The molecule has 1 aliphatic carbocycles. The van der Waals surface area contributed by atoms with Gasteiger partial charge in [-0.3, -0.25) is 0 Å². The summed E-state index contributed by atoms with van der Waals surface area (Å²) in [6.07, 6.45) is 1.74. The number of rotatable bonds is 5. The van der Waals surface area contributed by atoms with Crippen LogP contribution in [0.1, 0.15) is 34.6 Å². The molecular weight excluding hydrogens is 431 g/mol. The van der Waals surface area contributed by atoms with Gasteiger partial charge in [-0.1, -0.05) is 0 Å². The first kappa shape index (κ1) is 19.5.